The van der Waals surface area contributed by atoms with Gasteiger partial charge in [0.1, 0.15) is 5.75 Å². The fraction of sp³-hybridized carbons (Fsp3) is 0.0909. The second-order valence-electron chi connectivity index (χ2n) is 6.25. The third kappa shape index (κ3) is 4.65. The fourth-order valence-corrected chi connectivity index (χ4v) is 2.78. The van der Waals surface area contributed by atoms with Crippen LogP contribution in [0, 0.1) is 0 Å². The van der Waals surface area contributed by atoms with Gasteiger partial charge in [-0.15, -0.1) is 0 Å². The van der Waals surface area contributed by atoms with Crippen molar-refractivity contribution in [2.24, 2.45) is 0 Å². The van der Waals surface area contributed by atoms with E-state index in [1.807, 2.05) is 6.07 Å². The first-order valence-corrected chi connectivity index (χ1v) is 8.96. The summed E-state index contributed by atoms with van der Waals surface area (Å²) in [6.07, 6.45) is 0. The van der Waals surface area contributed by atoms with Gasteiger partial charge in [-0.25, -0.2) is 0 Å². The molecule has 0 fully saturated rings. The van der Waals surface area contributed by atoms with E-state index < -0.39 is 0 Å². The van der Waals surface area contributed by atoms with Crippen LogP contribution in [0.3, 0.4) is 0 Å². The average molecular weight is 390 g/mol. The Morgan fingerprint density at radius 2 is 1.62 bits per heavy atom. The second-order valence-corrected chi connectivity index (χ2v) is 6.25. The number of anilines is 2. The molecule has 1 aliphatic heterocycles. The summed E-state index contributed by atoms with van der Waals surface area (Å²) in [6, 6.07) is 20.9. The zero-order valence-electron chi connectivity index (χ0n) is 15.4. The number of fused-ring (bicyclic) bond motifs is 1. The lowest BCUT2D eigenvalue weighted by Gasteiger charge is -2.10. The Kier molecular flexibility index (Phi) is 5.29. The van der Waals surface area contributed by atoms with Crippen LogP contribution in [0.25, 0.3) is 0 Å². The Balaban J connectivity index is 1.32. The Hall–Kier alpha value is -4.00. The molecule has 1 heterocycles. The molecule has 2 amide bonds. The maximum Gasteiger partial charge on any atom is 0.262 e. The summed E-state index contributed by atoms with van der Waals surface area (Å²) in [5.74, 6) is 1.17. The minimum absolute atomic E-state index is 0.174. The SMILES string of the molecule is O=C(COc1cccc(NC(=O)c2ccccc2)c1)Nc1ccc2c(c1)OCO2. The van der Waals surface area contributed by atoms with Gasteiger partial charge in [-0.05, 0) is 36.4 Å². The minimum Gasteiger partial charge on any atom is -0.484 e. The standard InChI is InChI=1S/C22H18N2O5/c25-21(23-17-9-10-19-20(12-17)29-14-28-19)13-27-18-8-4-7-16(11-18)24-22(26)15-5-2-1-3-6-15/h1-12H,13-14H2,(H,23,25)(H,24,26). The highest BCUT2D eigenvalue weighted by Gasteiger charge is 2.14. The van der Waals surface area contributed by atoms with Crippen molar-refractivity contribution in [2.75, 3.05) is 24.0 Å². The summed E-state index contributed by atoms with van der Waals surface area (Å²) >= 11 is 0. The molecule has 29 heavy (non-hydrogen) atoms. The van der Waals surface area contributed by atoms with E-state index in [0.717, 1.165) is 0 Å². The average Bonchev–Trinajstić information content (AvgIpc) is 3.21. The van der Waals surface area contributed by atoms with Gasteiger partial charge in [0.2, 0.25) is 6.79 Å². The van der Waals surface area contributed by atoms with Crippen molar-refractivity contribution >= 4 is 23.2 Å². The van der Waals surface area contributed by atoms with Crippen LogP contribution >= 0.6 is 0 Å². The summed E-state index contributed by atoms with van der Waals surface area (Å²) in [7, 11) is 0. The quantitative estimate of drug-likeness (QED) is 0.671. The Labute approximate surface area is 167 Å². The molecule has 0 unspecified atom stereocenters. The summed E-state index contributed by atoms with van der Waals surface area (Å²) < 4.78 is 16.1. The van der Waals surface area contributed by atoms with Crippen LogP contribution in [0.1, 0.15) is 10.4 Å². The molecule has 0 saturated heterocycles. The number of amides is 2. The summed E-state index contributed by atoms with van der Waals surface area (Å²) in [4.78, 5) is 24.4. The first kappa shape index (κ1) is 18.4. The molecule has 0 spiro atoms. The van der Waals surface area contributed by atoms with E-state index in [-0.39, 0.29) is 25.2 Å². The Morgan fingerprint density at radius 1 is 0.828 bits per heavy atom. The van der Waals surface area contributed by atoms with Gasteiger partial charge < -0.3 is 24.8 Å². The molecule has 0 bridgehead atoms. The second kappa shape index (κ2) is 8.35. The molecule has 0 aliphatic carbocycles. The summed E-state index contributed by atoms with van der Waals surface area (Å²) in [5.41, 5.74) is 1.72. The third-order valence-electron chi connectivity index (χ3n) is 4.15. The van der Waals surface area contributed by atoms with Crippen LogP contribution in [0.4, 0.5) is 11.4 Å². The monoisotopic (exact) mass is 390 g/mol. The van der Waals surface area contributed by atoms with Crippen molar-refractivity contribution < 1.29 is 23.8 Å². The van der Waals surface area contributed by atoms with Crippen molar-refractivity contribution in [3.8, 4) is 17.2 Å². The molecule has 0 atom stereocenters. The Morgan fingerprint density at radius 3 is 2.48 bits per heavy atom. The minimum atomic E-state index is -0.317. The van der Waals surface area contributed by atoms with Crippen LogP contribution < -0.4 is 24.8 Å². The summed E-state index contributed by atoms with van der Waals surface area (Å²) in [6.45, 7) is -0.00246. The van der Waals surface area contributed by atoms with E-state index in [1.54, 1.807) is 66.7 Å². The van der Waals surface area contributed by atoms with E-state index >= 15 is 0 Å². The van der Waals surface area contributed by atoms with Crippen LogP contribution in [-0.2, 0) is 4.79 Å². The zero-order valence-corrected chi connectivity index (χ0v) is 15.4. The molecule has 0 aromatic heterocycles. The lowest BCUT2D eigenvalue weighted by Crippen LogP contribution is -2.20. The predicted octanol–water partition coefficient (Wildman–Crippen LogP) is 3.69. The van der Waals surface area contributed by atoms with E-state index in [2.05, 4.69) is 10.6 Å². The van der Waals surface area contributed by atoms with E-state index in [4.69, 9.17) is 14.2 Å². The van der Waals surface area contributed by atoms with Gasteiger partial charge in [-0.2, -0.15) is 0 Å². The molecule has 3 aromatic carbocycles. The maximum absolute atomic E-state index is 12.2. The van der Waals surface area contributed by atoms with Crippen molar-refractivity contribution in [2.45, 2.75) is 0 Å². The number of ether oxygens (including phenoxy) is 3. The highest BCUT2D eigenvalue weighted by Crippen LogP contribution is 2.34. The zero-order chi connectivity index (χ0) is 20.1. The first-order valence-electron chi connectivity index (χ1n) is 8.96. The van der Waals surface area contributed by atoms with Crippen molar-refractivity contribution in [1.82, 2.24) is 0 Å². The molecule has 0 saturated carbocycles. The van der Waals surface area contributed by atoms with Crippen molar-refractivity contribution in [3.63, 3.8) is 0 Å². The normalized spacial score (nSPS) is 11.6. The molecule has 7 nitrogen and oxygen atoms in total. The van der Waals surface area contributed by atoms with Gasteiger partial charge in [0.05, 0.1) is 0 Å². The van der Waals surface area contributed by atoms with Crippen molar-refractivity contribution in [1.29, 1.82) is 0 Å². The molecule has 7 heteroatoms. The number of nitrogens with one attached hydrogen (secondary N) is 2. The van der Waals surface area contributed by atoms with Gasteiger partial charge in [0.25, 0.3) is 11.8 Å². The number of rotatable bonds is 6. The lowest BCUT2D eigenvalue weighted by molar-refractivity contribution is -0.118. The number of carbonyl (C=O) groups is 2. The van der Waals surface area contributed by atoms with Crippen LogP contribution in [0.15, 0.2) is 72.8 Å². The van der Waals surface area contributed by atoms with Gasteiger partial charge >= 0.3 is 0 Å². The predicted molar refractivity (Wildman–Crippen MR) is 108 cm³/mol. The molecule has 1 aliphatic rings. The van der Waals surface area contributed by atoms with Gasteiger partial charge in [-0.3, -0.25) is 9.59 Å². The molecular formula is C22H18N2O5. The molecule has 0 radical (unpaired) electrons. The first-order chi connectivity index (χ1) is 14.2. The third-order valence-corrected chi connectivity index (χ3v) is 4.15. The fourth-order valence-electron chi connectivity index (χ4n) is 2.78. The maximum atomic E-state index is 12.2. The topological polar surface area (TPSA) is 85.9 Å². The van der Waals surface area contributed by atoms with Gasteiger partial charge in [0, 0.05) is 29.1 Å². The van der Waals surface area contributed by atoms with Gasteiger partial charge in [-0.1, -0.05) is 24.3 Å². The number of hydrogen-bond donors (Lipinski definition) is 2. The van der Waals surface area contributed by atoms with E-state index in [1.165, 1.54) is 0 Å². The number of hydrogen-bond acceptors (Lipinski definition) is 5. The van der Waals surface area contributed by atoms with Crippen molar-refractivity contribution in [3.05, 3.63) is 78.4 Å². The molecule has 4 rings (SSSR count). The smallest absolute Gasteiger partial charge is 0.262 e. The largest absolute Gasteiger partial charge is 0.484 e. The van der Waals surface area contributed by atoms with E-state index in [0.29, 0.717) is 34.2 Å². The molecule has 146 valence electrons. The summed E-state index contributed by atoms with van der Waals surface area (Å²) in [5, 5.41) is 5.55. The van der Waals surface area contributed by atoms with Gasteiger partial charge in [0.15, 0.2) is 18.1 Å². The number of carbonyl (C=O) groups excluding carboxylic acids is 2. The lowest BCUT2D eigenvalue weighted by atomic mass is 10.2. The van der Waals surface area contributed by atoms with Crippen LogP contribution in [0.5, 0.6) is 17.2 Å². The molecule has 2 N–H and O–H groups in total. The van der Waals surface area contributed by atoms with E-state index in [9.17, 15) is 9.59 Å². The highest BCUT2D eigenvalue weighted by atomic mass is 16.7. The highest BCUT2D eigenvalue weighted by molar-refractivity contribution is 6.04. The van der Waals surface area contributed by atoms with Crippen LogP contribution in [0.2, 0.25) is 0 Å². The number of benzene rings is 3. The van der Waals surface area contributed by atoms with Crippen LogP contribution in [-0.4, -0.2) is 25.2 Å². The molecule has 3 aromatic rings. The Bertz CT molecular complexity index is 1040. The molecular weight excluding hydrogens is 372 g/mol.